The third-order valence-corrected chi connectivity index (χ3v) is 3.57. The van der Waals surface area contributed by atoms with Gasteiger partial charge < -0.3 is 14.2 Å². The van der Waals surface area contributed by atoms with Crippen LogP contribution >= 0.6 is 0 Å². The van der Waals surface area contributed by atoms with Gasteiger partial charge in [0.05, 0.1) is 14.2 Å². The van der Waals surface area contributed by atoms with Crippen molar-refractivity contribution in [2.45, 2.75) is 0 Å². The summed E-state index contributed by atoms with van der Waals surface area (Å²) in [5.41, 5.74) is 2.04. The van der Waals surface area contributed by atoms with Crippen molar-refractivity contribution in [3.63, 3.8) is 0 Å². The van der Waals surface area contributed by atoms with Crippen LogP contribution in [0.15, 0.2) is 65.3 Å². The van der Waals surface area contributed by atoms with Crippen LogP contribution in [0.25, 0.3) is 12.2 Å². The molecule has 0 aliphatic carbocycles. The van der Waals surface area contributed by atoms with E-state index in [1.807, 2.05) is 48.5 Å². The maximum Gasteiger partial charge on any atom is 0.363 e. The van der Waals surface area contributed by atoms with Crippen molar-refractivity contribution in [3.8, 4) is 11.5 Å². The van der Waals surface area contributed by atoms with Gasteiger partial charge in [-0.2, -0.15) is 0 Å². The molecular formula is C20H17NO4. The number of esters is 1. The molecule has 0 N–H and O–H groups in total. The van der Waals surface area contributed by atoms with E-state index in [9.17, 15) is 4.79 Å². The largest absolute Gasteiger partial charge is 0.493 e. The van der Waals surface area contributed by atoms with Crippen molar-refractivity contribution in [1.82, 2.24) is 0 Å². The average Bonchev–Trinajstić information content (AvgIpc) is 3.00. The first kappa shape index (κ1) is 16.5. The number of nitrogens with zero attached hydrogens (tertiary/aromatic N) is 1. The molecule has 0 saturated carbocycles. The van der Waals surface area contributed by atoms with E-state index >= 15 is 0 Å². The van der Waals surface area contributed by atoms with Crippen molar-refractivity contribution in [3.05, 3.63) is 71.4 Å². The number of hydrogen-bond acceptors (Lipinski definition) is 5. The van der Waals surface area contributed by atoms with Gasteiger partial charge in [-0.05, 0) is 35.4 Å². The molecule has 0 atom stereocenters. The summed E-state index contributed by atoms with van der Waals surface area (Å²) in [4.78, 5) is 16.1. The number of methoxy groups -OCH3 is 2. The van der Waals surface area contributed by atoms with Crippen LogP contribution in [-0.4, -0.2) is 26.1 Å². The van der Waals surface area contributed by atoms with Crippen molar-refractivity contribution in [2.75, 3.05) is 14.2 Å². The molecule has 126 valence electrons. The molecule has 5 heteroatoms. The third-order valence-electron chi connectivity index (χ3n) is 3.57. The maximum atomic E-state index is 11.9. The number of cyclic esters (lactones) is 1. The number of benzene rings is 2. The smallest absolute Gasteiger partial charge is 0.363 e. The van der Waals surface area contributed by atoms with Gasteiger partial charge in [0.25, 0.3) is 0 Å². The van der Waals surface area contributed by atoms with E-state index in [1.54, 1.807) is 32.4 Å². The van der Waals surface area contributed by atoms with Crippen molar-refractivity contribution >= 4 is 24.0 Å². The second kappa shape index (κ2) is 7.49. The number of ether oxygens (including phenoxy) is 3. The van der Waals surface area contributed by atoms with Crippen LogP contribution < -0.4 is 9.47 Å². The molecule has 0 saturated heterocycles. The van der Waals surface area contributed by atoms with Gasteiger partial charge in [0.15, 0.2) is 17.2 Å². The lowest BCUT2D eigenvalue weighted by Crippen LogP contribution is -2.01. The van der Waals surface area contributed by atoms with Gasteiger partial charge in [0.2, 0.25) is 5.90 Å². The number of aliphatic imine (C=N–C) groups is 1. The molecule has 2 aromatic rings. The van der Waals surface area contributed by atoms with Gasteiger partial charge >= 0.3 is 5.97 Å². The quantitative estimate of drug-likeness (QED) is 0.617. The lowest BCUT2D eigenvalue weighted by Gasteiger charge is -2.07. The summed E-state index contributed by atoms with van der Waals surface area (Å²) in [5.74, 6) is 1.06. The van der Waals surface area contributed by atoms with E-state index in [1.165, 1.54) is 0 Å². The molecule has 0 amide bonds. The van der Waals surface area contributed by atoms with E-state index in [-0.39, 0.29) is 11.6 Å². The van der Waals surface area contributed by atoms with Gasteiger partial charge in [-0.1, -0.05) is 36.4 Å². The molecule has 1 aliphatic rings. The van der Waals surface area contributed by atoms with Gasteiger partial charge in [0.1, 0.15) is 0 Å². The Balaban J connectivity index is 1.79. The monoisotopic (exact) mass is 335 g/mol. The highest BCUT2D eigenvalue weighted by Gasteiger charge is 2.21. The highest BCUT2D eigenvalue weighted by atomic mass is 16.6. The van der Waals surface area contributed by atoms with Gasteiger partial charge in [-0.3, -0.25) is 0 Å². The molecule has 0 spiro atoms. The second-order valence-corrected chi connectivity index (χ2v) is 5.23. The molecule has 2 aromatic carbocycles. The SMILES string of the molecule is COc1ccc(C=CC2=NC(=Cc3ccccc3)C(=O)O2)cc1OC. The van der Waals surface area contributed by atoms with E-state index < -0.39 is 5.97 Å². The highest BCUT2D eigenvalue weighted by Crippen LogP contribution is 2.28. The van der Waals surface area contributed by atoms with Crippen LogP contribution in [0.3, 0.4) is 0 Å². The first-order valence-electron chi connectivity index (χ1n) is 7.67. The molecule has 1 heterocycles. The van der Waals surface area contributed by atoms with Crippen LogP contribution in [0, 0.1) is 0 Å². The normalized spacial score (nSPS) is 15.4. The Bertz CT molecular complexity index is 867. The molecule has 25 heavy (non-hydrogen) atoms. The Morgan fingerprint density at radius 1 is 0.920 bits per heavy atom. The predicted molar refractivity (Wildman–Crippen MR) is 96.5 cm³/mol. The first-order valence-corrected chi connectivity index (χ1v) is 7.67. The Labute approximate surface area is 145 Å². The van der Waals surface area contributed by atoms with Crippen LogP contribution in [-0.2, 0) is 9.53 Å². The summed E-state index contributed by atoms with van der Waals surface area (Å²) >= 11 is 0. The Hall–Kier alpha value is -3.34. The average molecular weight is 335 g/mol. The molecule has 3 rings (SSSR count). The van der Waals surface area contributed by atoms with Crippen LogP contribution in [0.5, 0.6) is 11.5 Å². The predicted octanol–water partition coefficient (Wildman–Crippen LogP) is 3.71. The second-order valence-electron chi connectivity index (χ2n) is 5.23. The molecule has 0 radical (unpaired) electrons. The van der Waals surface area contributed by atoms with Crippen LogP contribution in [0.4, 0.5) is 0 Å². The van der Waals surface area contributed by atoms with E-state index in [4.69, 9.17) is 14.2 Å². The fourth-order valence-electron chi connectivity index (χ4n) is 2.33. The van der Waals surface area contributed by atoms with Gasteiger partial charge in [-0.15, -0.1) is 0 Å². The molecular weight excluding hydrogens is 318 g/mol. The summed E-state index contributed by atoms with van der Waals surface area (Å²) in [6, 6.07) is 15.0. The number of carbonyl (C=O) groups excluding carboxylic acids is 1. The lowest BCUT2D eigenvalue weighted by atomic mass is 10.2. The minimum Gasteiger partial charge on any atom is -0.493 e. The summed E-state index contributed by atoms with van der Waals surface area (Å²) in [6.45, 7) is 0. The van der Waals surface area contributed by atoms with Crippen molar-refractivity contribution < 1.29 is 19.0 Å². The third kappa shape index (κ3) is 3.95. The summed E-state index contributed by atoms with van der Waals surface area (Å²) in [7, 11) is 3.16. The van der Waals surface area contributed by atoms with E-state index in [2.05, 4.69) is 4.99 Å². The number of carbonyl (C=O) groups is 1. The Morgan fingerprint density at radius 2 is 1.68 bits per heavy atom. The van der Waals surface area contributed by atoms with Gasteiger partial charge in [-0.25, -0.2) is 9.79 Å². The summed E-state index contributed by atoms with van der Waals surface area (Å²) in [5, 5.41) is 0. The molecule has 0 unspecified atom stereocenters. The topological polar surface area (TPSA) is 57.1 Å². The molecule has 5 nitrogen and oxygen atoms in total. The first-order chi connectivity index (χ1) is 12.2. The molecule has 1 aliphatic heterocycles. The lowest BCUT2D eigenvalue weighted by molar-refractivity contribution is -0.129. The fraction of sp³-hybridized carbons (Fsp3) is 0.100. The molecule has 0 aromatic heterocycles. The fourth-order valence-corrected chi connectivity index (χ4v) is 2.33. The molecule has 0 bridgehead atoms. The molecule has 0 fully saturated rings. The number of hydrogen-bond donors (Lipinski definition) is 0. The zero-order valence-electron chi connectivity index (χ0n) is 13.9. The van der Waals surface area contributed by atoms with E-state index in [0.29, 0.717) is 11.5 Å². The van der Waals surface area contributed by atoms with Crippen LogP contribution in [0.2, 0.25) is 0 Å². The standard InChI is InChI=1S/C20H17NO4/c1-23-17-10-8-15(13-18(17)24-2)9-11-19-21-16(20(22)25-19)12-14-6-4-3-5-7-14/h3-13H,1-2H3. The Kier molecular flexibility index (Phi) is 4.95. The zero-order valence-corrected chi connectivity index (χ0v) is 13.9. The van der Waals surface area contributed by atoms with E-state index in [0.717, 1.165) is 11.1 Å². The summed E-state index contributed by atoms with van der Waals surface area (Å²) in [6.07, 6.45) is 5.13. The van der Waals surface area contributed by atoms with Crippen LogP contribution in [0.1, 0.15) is 11.1 Å². The minimum atomic E-state index is -0.462. The summed E-state index contributed by atoms with van der Waals surface area (Å²) < 4.78 is 15.6. The minimum absolute atomic E-state index is 0.252. The van der Waals surface area contributed by atoms with Gasteiger partial charge in [0, 0.05) is 6.08 Å². The maximum absolute atomic E-state index is 11.9. The van der Waals surface area contributed by atoms with Crippen molar-refractivity contribution in [2.24, 2.45) is 4.99 Å². The van der Waals surface area contributed by atoms with Crippen molar-refractivity contribution in [1.29, 1.82) is 0 Å². The highest BCUT2D eigenvalue weighted by molar-refractivity contribution is 6.11. The Morgan fingerprint density at radius 3 is 2.40 bits per heavy atom. The zero-order chi connectivity index (χ0) is 17.6. The number of rotatable bonds is 5.